The van der Waals surface area contributed by atoms with E-state index < -0.39 is 0 Å². The van der Waals surface area contributed by atoms with Gasteiger partial charge >= 0.3 is 0 Å². The average molecular weight is 399 g/mol. The Kier molecular flexibility index (Phi) is 6.87. The molecule has 0 radical (unpaired) electrons. The Hall–Kier alpha value is -2.60. The van der Waals surface area contributed by atoms with Crippen LogP contribution in [0.5, 0.6) is 0 Å². The van der Waals surface area contributed by atoms with Gasteiger partial charge < -0.3 is 10.2 Å². The molecule has 1 heterocycles. The highest BCUT2D eigenvalue weighted by molar-refractivity contribution is 7.98. The van der Waals surface area contributed by atoms with E-state index >= 15 is 0 Å². The van der Waals surface area contributed by atoms with E-state index in [1.165, 1.54) is 13.0 Å². The first-order valence-corrected chi connectivity index (χ1v) is 10.4. The zero-order valence-corrected chi connectivity index (χ0v) is 16.5. The number of thioether (sulfide) groups is 1. The number of benzene rings is 2. The van der Waals surface area contributed by atoms with Gasteiger partial charge in [0.25, 0.3) is 0 Å². The largest absolute Gasteiger partial charge is 0.355 e. The summed E-state index contributed by atoms with van der Waals surface area (Å²) in [6, 6.07) is 14.2. The molecule has 1 aliphatic heterocycles. The van der Waals surface area contributed by atoms with E-state index in [1.807, 2.05) is 36.4 Å². The molecule has 28 heavy (non-hydrogen) atoms. The fourth-order valence-electron chi connectivity index (χ4n) is 3.22. The zero-order valence-electron chi connectivity index (χ0n) is 15.7. The van der Waals surface area contributed by atoms with E-state index in [0.717, 1.165) is 11.1 Å². The summed E-state index contributed by atoms with van der Waals surface area (Å²) >= 11 is 1.57. The number of hydrogen-bond donors (Lipinski definition) is 1. The number of carbonyl (C=O) groups is 2. The monoisotopic (exact) mass is 398 g/mol. The minimum absolute atomic E-state index is 0.0935. The van der Waals surface area contributed by atoms with E-state index in [9.17, 15) is 14.0 Å². The second kappa shape index (κ2) is 9.55. The summed E-state index contributed by atoms with van der Waals surface area (Å²) < 4.78 is 13.6. The van der Waals surface area contributed by atoms with Crippen molar-refractivity contribution in [3.8, 4) is 0 Å². The summed E-state index contributed by atoms with van der Waals surface area (Å²) in [4.78, 5) is 26.0. The first-order chi connectivity index (χ1) is 13.6. The molecule has 6 heteroatoms. The molecule has 2 aromatic rings. The van der Waals surface area contributed by atoms with Crippen LogP contribution in [0.1, 0.15) is 36.1 Å². The van der Waals surface area contributed by atoms with E-state index in [2.05, 4.69) is 5.32 Å². The summed E-state index contributed by atoms with van der Waals surface area (Å²) in [7, 11) is 0. The number of carbonyl (C=O) groups excluding carboxylic acids is 2. The van der Waals surface area contributed by atoms with Crippen LogP contribution < -0.4 is 5.32 Å². The summed E-state index contributed by atoms with van der Waals surface area (Å²) in [5.41, 5.74) is 2.67. The third kappa shape index (κ3) is 5.01. The van der Waals surface area contributed by atoms with Gasteiger partial charge in [-0.1, -0.05) is 42.5 Å². The van der Waals surface area contributed by atoms with E-state index in [-0.39, 0.29) is 30.1 Å². The van der Waals surface area contributed by atoms with Crippen molar-refractivity contribution >= 4 is 29.7 Å². The molecule has 0 spiro atoms. The third-order valence-corrected chi connectivity index (χ3v) is 5.64. The van der Waals surface area contributed by atoms with Crippen molar-refractivity contribution in [3.05, 3.63) is 77.2 Å². The number of rotatable bonds is 7. The minimum Gasteiger partial charge on any atom is -0.355 e. The first kappa shape index (κ1) is 20.1. The number of fused-ring (bicyclic) bond motifs is 1. The standard InChI is InChI=1S/C22H23FN2O2S/c1-16(26)25-12-10-17-6-2-4-8-19(17)21(25)14-22(27)24-11-13-28-15-18-7-3-5-9-20(18)23/h2-10,12,21H,11,13-15H2,1H3,(H,24,27). The van der Waals surface area contributed by atoms with Gasteiger partial charge in [-0.3, -0.25) is 9.59 Å². The van der Waals surface area contributed by atoms with E-state index in [1.54, 1.807) is 35.0 Å². The molecular weight excluding hydrogens is 375 g/mol. The second-order valence-electron chi connectivity index (χ2n) is 6.58. The SMILES string of the molecule is CC(=O)N1C=Cc2ccccc2C1CC(=O)NCCSCc1ccccc1F. The van der Waals surface area contributed by atoms with Gasteiger partial charge in [-0.15, -0.1) is 0 Å². The number of halogens is 1. The minimum atomic E-state index is -0.301. The summed E-state index contributed by atoms with van der Waals surface area (Å²) in [5.74, 6) is 0.864. The van der Waals surface area contributed by atoms with Crippen LogP contribution in [-0.4, -0.2) is 29.0 Å². The number of nitrogens with zero attached hydrogens (tertiary/aromatic N) is 1. The van der Waals surface area contributed by atoms with Gasteiger partial charge in [0.05, 0.1) is 12.5 Å². The molecule has 0 bridgehead atoms. The van der Waals surface area contributed by atoms with Gasteiger partial charge in [-0.25, -0.2) is 4.39 Å². The Labute approximate surface area is 168 Å². The van der Waals surface area contributed by atoms with Gasteiger partial charge in [0.2, 0.25) is 11.8 Å². The highest BCUT2D eigenvalue weighted by atomic mass is 32.2. The lowest BCUT2D eigenvalue weighted by Crippen LogP contribution is -2.35. The van der Waals surface area contributed by atoms with Crippen molar-refractivity contribution in [2.75, 3.05) is 12.3 Å². The molecule has 1 N–H and O–H groups in total. The highest BCUT2D eigenvalue weighted by Gasteiger charge is 2.27. The maximum absolute atomic E-state index is 13.6. The van der Waals surface area contributed by atoms with Gasteiger partial charge in [0.1, 0.15) is 5.82 Å². The molecule has 2 aromatic carbocycles. The predicted octanol–water partition coefficient (Wildman–Crippen LogP) is 4.14. The molecule has 3 rings (SSSR count). The predicted molar refractivity (Wildman–Crippen MR) is 111 cm³/mol. The number of hydrogen-bond acceptors (Lipinski definition) is 3. The fourth-order valence-corrected chi connectivity index (χ4v) is 4.07. The Bertz CT molecular complexity index is 884. The lowest BCUT2D eigenvalue weighted by molar-refractivity contribution is -0.129. The van der Waals surface area contributed by atoms with Crippen LogP contribution in [0.15, 0.2) is 54.7 Å². The van der Waals surface area contributed by atoms with Crippen LogP contribution in [0, 0.1) is 5.82 Å². The normalized spacial score (nSPS) is 15.2. The van der Waals surface area contributed by atoms with Crippen LogP contribution >= 0.6 is 11.8 Å². The van der Waals surface area contributed by atoms with Gasteiger partial charge in [0.15, 0.2) is 0 Å². The molecular formula is C22H23FN2O2S. The third-order valence-electron chi connectivity index (χ3n) is 4.63. The molecule has 1 aliphatic rings. The highest BCUT2D eigenvalue weighted by Crippen LogP contribution is 2.32. The van der Waals surface area contributed by atoms with Crippen LogP contribution in [0.3, 0.4) is 0 Å². The molecule has 0 fully saturated rings. The van der Waals surface area contributed by atoms with Crippen molar-refractivity contribution in [1.29, 1.82) is 0 Å². The maximum Gasteiger partial charge on any atom is 0.223 e. The van der Waals surface area contributed by atoms with Crippen molar-refractivity contribution in [1.82, 2.24) is 10.2 Å². The molecule has 4 nitrogen and oxygen atoms in total. The zero-order chi connectivity index (χ0) is 19.9. The van der Waals surface area contributed by atoms with Crippen LogP contribution in [0.25, 0.3) is 6.08 Å². The van der Waals surface area contributed by atoms with E-state index in [0.29, 0.717) is 23.6 Å². The molecule has 0 saturated carbocycles. The summed E-state index contributed by atoms with van der Waals surface area (Å²) in [6.45, 7) is 2.00. The van der Waals surface area contributed by atoms with E-state index in [4.69, 9.17) is 0 Å². The molecule has 146 valence electrons. The molecule has 0 aromatic heterocycles. The number of nitrogens with one attached hydrogen (secondary N) is 1. The van der Waals surface area contributed by atoms with Crippen LogP contribution in [0.2, 0.25) is 0 Å². The van der Waals surface area contributed by atoms with Gasteiger partial charge in [0, 0.05) is 31.2 Å². The van der Waals surface area contributed by atoms with Crippen molar-refractivity contribution < 1.29 is 14.0 Å². The maximum atomic E-state index is 13.6. The fraction of sp³-hybridized carbons (Fsp3) is 0.273. The molecule has 0 saturated heterocycles. The summed E-state index contributed by atoms with van der Waals surface area (Å²) in [5, 5.41) is 2.91. The van der Waals surface area contributed by atoms with Crippen molar-refractivity contribution in [3.63, 3.8) is 0 Å². The Morgan fingerprint density at radius 3 is 2.68 bits per heavy atom. The lowest BCUT2D eigenvalue weighted by Gasteiger charge is -2.32. The number of amides is 2. The van der Waals surface area contributed by atoms with Crippen molar-refractivity contribution in [2.45, 2.75) is 25.1 Å². The molecule has 1 unspecified atom stereocenters. The second-order valence-corrected chi connectivity index (χ2v) is 7.69. The van der Waals surface area contributed by atoms with Gasteiger partial charge in [-0.05, 0) is 28.8 Å². The Balaban J connectivity index is 1.50. The quantitative estimate of drug-likeness (QED) is 0.713. The topological polar surface area (TPSA) is 49.4 Å². The van der Waals surface area contributed by atoms with Crippen LogP contribution in [-0.2, 0) is 15.3 Å². The average Bonchev–Trinajstić information content (AvgIpc) is 2.69. The van der Waals surface area contributed by atoms with Crippen molar-refractivity contribution in [2.24, 2.45) is 0 Å². The van der Waals surface area contributed by atoms with Gasteiger partial charge in [-0.2, -0.15) is 11.8 Å². The smallest absolute Gasteiger partial charge is 0.223 e. The lowest BCUT2D eigenvalue weighted by atomic mass is 9.93. The summed E-state index contributed by atoms with van der Waals surface area (Å²) in [6.07, 6.45) is 3.84. The molecule has 1 atom stereocenters. The molecule has 2 amide bonds. The Morgan fingerprint density at radius 1 is 1.14 bits per heavy atom. The van der Waals surface area contributed by atoms with Crippen LogP contribution in [0.4, 0.5) is 4.39 Å². The first-order valence-electron chi connectivity index (χ1n) is 9.20. The molecule has 0 aliphatic carbocycles. The Morgan fingerprint density at radius 2 is 1.89 bits per heavy atom.